The third-order valence-electron chi connectivity index (χ3n) is 2.67. The van der Waals surface area contributed by atoms with E-state index in [1.54, 1.807) is 20.0 Å². The highest BCUT2D eigenvalue weighted by atomic mass is 16.6. The lowest BCUT2D eigenvalue weighted by Gasteiger charge is -2.14. The molecule has 6 heteroatoms. The Labute approximate surface area is 112 Å². The molecular weight excluding hydrogens is 248 g/mol. The van der Waals surface area contributed by atoms with Crippen molar-refractivity contribution in [1.82, 2.24) is 9.55 Å². The summed E-state index contributed by atoms with van der Waals surface area (Å²) in [6, 6.07) is 0. The van der Waals surface area contributed by atoms with Crippen molar-refractivity contribution in [2.24, 2.45) is 5.92 Å². The van der Waals surface area contributed by atoms with Crippen LogP contribution in [-0.4, -0.2) is 34.7 Å². The van der Waals surface area contributed by atoms with Gasteiger partial charge in [-0.15, -0.1) is 0 Å². The van der Waals surface area contributed by atoms with E-state index < -0.39 is 17.9 Å². The van der Waals surface area contributed by atoms with Crippen LogP contribution in [0.5, 0.6) is 0 Å². The summed E-state index contributed by atoms with van der Waals surface area (Å²) < 4.78 is 11.7. The number of rotatable bonds is 7. The van der Waals surface area contributed by atoms with Crippen molar-refractivity contribution in [2.75, 3.05) is 13.2 Å². The lowest BCUT2D eigenvalue weighted by molar-refractivity contribution is -0.161. The van der Waals surface area contributed by atoms with Gasteiger partial charge >= 0.3 is 11.9 Å². The second-order valence-corrected chi connectivity index (χ2v) is 3.89. The maximum atomic E-state index is 11.8. The van der Waals surface area contributed by atoms with Gasteiger partial charge in [-0.3, -0.25) is 9.59 Å². The molecule has 0 aliphatic carbocycles. The van der Waals surface area contributed by atoms with Crippen LogP contribution in [0, 0.1) is 5.92 Å². The van der Waals surface area contributed by atoms with Crippen LogP contribution < -0.4 is 0 Å². The average Bonchev–Trinajstić information content (AvgIpc) is 2.83. The van der Waals surface area contributed by atoms with Crippen molar-refractivity contribution in [2.45, 2.75) is 33.7 Å². The van der Waals surface area contributed by atoms with Crippen LogP contribution >= 0.6 is 0 Å². The molecule has 0 amide bonds. The number of hydrogen-bond acceptors (Lipinski definition) is 5. The minimum Gasteiger partial charge on any atom is -0.465 e. The van der Waals surface area contributed by atoms with Crippen molar-refractivity contribution < 1.29 is 19.1 Å². The van der Waals surface area contributed by atoms with Crippen LogP contribution in [0.25, 0.3) is 0 Å². The van der Waals surface area contributed by atoms with Crippen molar-refractivity contribution in [3.63, 3.8) is 0 Å². The van der Waals surface area contributed by atoms with Gasteiger partial charge in [-0.05, 0) is 20.8 Å². The monoisotopic (exact) mass is 268 g/mol. The Hall–Kier alpha value is -1.85. The first-order valence-corrected chi connectivity index (χ1v) is 6.47. The maximum Gasteiger partial charge on any atom is 0.320 e. The number of aryl methyl sites for hydroxylation is 1. The van der Waals surface area contributed by atoms with Crippen molar-refractivity contribution in [1.29, 1.82) is 0 Å². The normalized spacial score (nSPS) is 10.5. The summed E-state index contributed by atoms with van der Waals surface area (Å²) in [5, 5.41) is 0. The number of imidazole rings is 1. The molecule has 1 heterocycles. The van der Waals surface area contributed by atoms with Crippen LogP contribution in [0.2, 0.25) is 0 Å². The molecular formula is C13H20N2O4. The minimum absolute atomic E-state index is 0.193. The van der Waals surface area contributed by atoms with Gasteiger partial charge in [0.2, 0.25) is 0 Å². The van der Waals surface area contributed by atoms with Crippen LogP contribution in [-0.2, 0) is 32.0 Å². The summed E-state index contributed by atoms with van der Waals surface area (Å²) in [6.45, 7) is 6.57. The Bertz CT molecular complexity index is 410. The Kier molecular flexibility index (Phi) is 6.05. The molecule has 19 heavy (non-hydrogen) atoms. The lowest BCUT2D eigenvalue weighted by atomic mass is 10.1. The van der Waals surface area contributed by atoms with Gasteiger partial charge in [0.25, 0.3) is 0 Å². The minimum atomic E-state index is -0.951. The molecule has 1 rings (SSSR count). The number of aromatic nitrogens is 2. The van der Waals surface area contributed by atoms with Gasteiger partial charge in [0, 0.05) is 25.4 Å². The largest absolute Gasteiger partial charge is 0.465 e. The van der Waals surface area contributed by atoms with Crippen LogP contribution in [0.1, 0.15) is 26.6 Å². The standard InChI is InChI=1S/C13H20N2O4/c1-4-15-8-7-14-11(15)9-10(12(16)18-5-2)13(17)19-6-3/h7-8,10H,4-6,9H2,1-3H3. The number of esters is 2. The second-order valence-electron chi connectivity index (χ2n) is 3.89. The molecule has 0 aliphatic heterocycles. The summed E-state index contributed by atoms with van der Waals surface area (Å²) in [5.74, 6) is -1.40. The molecule has 0 fully saturated rings. The van der Waals surface area contributed by atoms with Gasteiger partial charge in [-0.1, -0.05) is 0 Å². The van der Waals surface area contributed by atoms with E-state index in [0.717, 1.165) is 6.54 Å². The quantitative estimate of drug-likeness (QED) is 0.548. The molecule has 0 bridgehead atoms. The molecule has 0 radical (unpaired) electrons. The molecule has 6 nitrogen and oxygen atoms in total. The SMILES string of the molecule is CCOC(=O)C(Cc1nccn1CC)C(=O)OCC. The summed E-state index contributed by atoms with van der Waals surface area (Å²) >= 11 is 0. The molecule has 1 aromatic heterocycles. The van der Waals surface area contributed by atoms with E-state index in [1.807, 2.05) is 17.7 Å². The summed E-state index contributed by atoms with van der Waals surface area (Å²) in [5.41, 5.74) is 0. The van der Waals surface area contributed by atoms with Gasteiger partial charge < -0.3 is 14.0 Å². The fourth-order valence-electron chi connectivity index (χ4n) is 1.75. The molecule has 0 N–H and O–H groups in total. The summed E-state index contributed by atoms with van der Waals surface area (Å²) in [6.07, 6.45) is 3.65. The Morgan fingerprint density at radius 2 is 1.79 bits per heavy atom. The Balaban J connectivity index is 2.84. The van der Waals surface area contributed by atoms with E-state index in [1.165, 1.54) is 0 Å². The van der Waals surface area contributed by atoms with E-state index in [2.05, 4.69) is 4.98 Å². The van der Waals surface area contributed by atoms with Crippen LogP contribution in [0.4, 0.5) is 0 Å². The summed E-state index contributed by atoms with van der Waals surface area (Å²) in [4.78, 5) is 27.8. The second kappa shape index (κ2) is 7.56. The van der Waals surface area contributed by atoms with E-state index in [-0.39, 0.29) is 19.6 Å². The van der Waals surface area contributed by atoms with Crippen LogP contribution in [0.3, 0.4) is 0 Å². The van der Waals surface area contributed by atoms with Gasteiger partial charge in [-0.2, -0.15) is 0 Å². The third-order valence-corrected chi connectivity index (χ3v) is 2.67. The first kappa shape index (κ1) is 15.2. The molecule has 0 saturated carbocycles. The first-order chi connectivity index (χ1) is 9.13. The zero-order valence-electron chi connectivity index (χ0n) is 11.6. The van der Waals surface area contributed by atoms with Gasteiger partial charge in [-0.25, -0.2) is 4.98 Å². The van der Waals surface area contributed by atoms with Crippen LogP contribution in [0.15, 0.2) is 12.4 Å². The van der Waals surface area contributed by atoms with Crippen molar-refractivity contribution in [3.8, 4) is 0 Å². The average molecular weight is 268 g/mol. The topological polar surface area (TPSA) is 70.4 Å². The molecule has 0 saturated heterocycles. The number of nitrogens with zero attached hydrogens (tertiary/aromatic N) is 2. The number of ether oxygens (including phenoxy) is 2. The zero-order chi connectivity index (χ0) is 14.3. The third kappa shape index (κ3) is 4.08. The molecule has 0 spiro atoms. The van der Waals surface area contributed by atoms with E-state index in [0.29, 0.717) is 5.82 Å². The smallest absolute Gasteiger partial charge is 0.320 e. The molecule has 0 aliphatic rings. The van der Waals surface area contributed by atoms with E-state index in [4.69, 9.17) is 9.47 Å². The number of carbonyl (C=O) groups excluding carboxylic acids is 2. The fourth-order valence-corrected chi connectivity index (χ4v) is 1.75. The predicted molar refractivity (Wildman–Crippen MR) is 68.4 cm³/mol. The van der Waals surface area contributed by atoms with Gasteiger partial charge in [0.15, 0.2) is 5.92 Å². The number of carbonyl (C=O) groups is 2. The first-order valence-electron chi connectivity index (χ1n) is 6.47. The van der Waals surface area contributed by atoms with Gasteiger partial charge in [0.1, 0.15) is 5.82 Å². The van der Waals surface area contributed by atoms with Crippen molar-refractivity contribution >= 4 is 11.9 Å². The molecule has 0 atom stereocenters. The molecule has 0 unspecified atom stereocenters. The molecule has 0 aromatic carbocycles. The summed E-state index contributed by atoms with van der Waals surface area (Å²) in [7, 11) is 0. The molecule has 1 aromatic rings. The molecule has 106 valence electrons. The fraction of sp³-hybridized carbons (Fsp3) is 0.615. The highest BCUT2D eigenvalue weighted by molar-refractivity contribution is 5.95. The van der Waals surface area contributed by atoms with Gasteiger partial charge in [0.05, 0.1) is 13.2 Å². The highest BCUT2D eigenvalue weighted by Crippen LogP contribution is 2.12. The van der Waals surface area contributed by atoms with E-state index >= 15 is 0 Å². The Morgan fingerprint density at radius 3 is 2.26 bits per heavy atom. The zero-order valence-corrected chi connectivity index (χ0v) is 11.6. The maximum absolute atomic E-state index is 11.8. The number of hydrogen-bond donors (Lipinski definition) is 0. The highest BCUT2D eigenvalue weighted by Gasteiger charge is 2.31. The van der Waals surface area contributed by atoms with Crippen molar-refractivity contribution in [3.05, 3.63) is 18.2 Å². The predicted octanol–water partition coefficient (Wildman–Crippen LogP) is 1.19. The Morgan fingerprint density at radius 1 is 1.21 bits per heavy atom. The van der Waals surface area contributed by atoms with E-state index in [9.17, 15) is 9.59 Å². The lowest BCUT2D eigenvalue weighted by Crippen LogP contribution is -2.31.